The zero-order chi connectivity index (χ0) is 17.9. The van der Waals surface area contributed by atoms with Crippen molar-refractivity contribution in [3.8, 4) is 5.75 Å². The number of hydrogen-bond acceptors (Lipinski definition) is 5. The van der Waals surface area contributed by atoms with Crippen LogP contribution in [0.5, 0.6) is 5.75 Å². The van der Waals surface area contributed by atoms with Crippen molar-refractivity contribution in [1.82, 2.24) is 10.0 Å². The average Bonchev–Trinajstić information content (AvgIpc) is 2.59. The number of unbranched alkanes of at least 4 members (excludes halogenated alkanes) is 2. The Morgan fingerprint density at radius 2 is 1.92 bits per heavy atom. The molecule has 0 aliphatic heterocycles. The predicted octanol–water partition coefficient (Wildman–Crippen LogP) is 3.14. The van der Waals surface area contributed by atoms with Crippen LogP contribution in [0.4, 0.5) is 5.69 Å². The normalized spacial score (nSPS) is 11.2. The van der Waals surface area contributed by atoms with Crippen molar-refractivity contribution in [2.45, 2.75) is 46.0 Å². The molecule has 0 unspecified atom stereocenters. The highest BCUT2D eigenvalue weighted by atomic mass is 16.5. The lowest BCUT2D eigenvalue weighted by molar-refractivity contribution is -0.118. The van der Waals surface area contributed by atoms with E-state index in [2.05, 4.69) is 30.9 Å². The number of ketones is 1. The number of Topliss-reactive ketones (excluding diaryl/α,β-unsaturated/α-hetero) is 1. The molecule has 0 saturated heterocycles. The number of carbonyl (C=O) groups is 1. The number of hydrogen-bond donors (Lipinski definition) is 1. The largest absolute Gasteiger partial charge is 0.495 e. The fourth-order valence-electron chi connectivity index (χ4n) is 2.75. The fraction of sp³-hybridized carbons (Fsp3) is 0.632. The molecule has 0 heterocycles. The van der Waals surface area contributed by atoms with Crippen molar-refractivity contribution < 1.29 is 9.53 Å². The molecule has 0 aliphatic rings. The van der Waals surface area contributed by atoms with Gasteiger partial charge in [0, 0.05) is 39.5 Å². The fourth-order valence-corrected chi connectivity index (χ4v) is 2.75. The predicted molar refractivity (Wildman–Crippen MR) is 100 cm³/mol. The van der Waals surface area contributed by atoms with Crippen molar-refractivity contribution >= 4 is 11.5 Å². The number of anilines is 1. The number of nitrogens with two attached hydrogens (primary N) is 1. The van der Waals surface area contributed by atoms with Crippen molar-refractivity contribution in [2.75, 3.05) is 39.5 Å². The summed E-state index contributed by atoms with van der Waals surface area (Å²) in [7, 11) is 3.71. The lowest BCUT2D eigenvalue weighted by atomic mass is 10.0. The van der Waals surface area contributed by atoms with Crippen LogP contribution in [-0.4, -0.2) is 49.6 Å². The molecule has 0 amide bonds. The maximum absolute atomic E-state index is 12.1. The van der Waals surface area contributed by atoms with Crippen LogP contribution in [0.3, 0.4) is 0 Å². The molecular weight excluding hydrogens is 302 g/mol. The summed E-state index contributed by atoms with van der Waals surface area (Å²) in [6, 6.07) is 5.55. The molecule has 0 fully saturated rings. The Balaban J connectivity index is 2.27. The zero-order valence-electron chi connectivity index (χ0n) is 15.7. The summed E-state index contributed by atoms with van der Waals surface area (Å²) in [5, 5.41) is 4.60. The SMILES string of the molecule is CCN(C)N(CC)CCCCCC(=O)Cc1ccc(N)c(OC)c1. The number of benzene rings is 1. The molecule has 0 saturated carbocycles. The van der Waals surface area contributed by atoms with Gasteiger partial charge in [-0.25, -0.2) is 10.0 Å². The molecular formula is C19H33N3O2. The molecule has 1 aromatic carbocycles. The second kappa shape index (κ2) is 11.0. The van der Waals surface area contributed by atoms with Gasteiger partial charge in [-0.2, -0.15) is 0 Å². The number of nitrogens with zero attached hydrogens (tertiary/aromatic N) is 2. The summed E-state index contributed by atoms with van der Waals surface area (Å²) in [4.78, 5) is 12.1. The van der Waals surface area contributed by atoms with Crippen LogP contribution in [0.2, 0.25) is 0 Å². The molecule has 2 N–H and O–H groups in total. The number of methoxy groups -OCH3 is 1. The Morgan fingerprint density at radius 1 is 1.17 bits per heavy atom. The van der Waals surface area contributed by atoms with E-state index in [1.165, 1.54) is 0 Å². The third-order valence-corrected chi connectivity index (χ3v) is 4.38. The number of nitrogen functional groups attached to an aromatic ring is 1. The van der Waals surface area contributed by atoms with E-state index in [1.807, 2.05) is 12.1 Å². The zero-order valence-corrected chi connectivity index (χ0v) is 15.7. The molecule has 1 aromatic rings. The van der Waals surface area contributed by atoms with E-state index in [0.29, 0.717) is 24.3 Å². The van der Waals surface area contributed by atoms with Gasteiger partial charge in [-0.15, -0.1) is 0 Å². The number of rotatable bonds is 12. The van der Waals surface area contributed by atoms with E-state index >= 15 is 0 Å². The Labute approximate surface area is 146 Å². The maximum Gasteiger partial charge on any atom is 0.142 e. The van der Waals surface area contributed by atoms with Crippen LogP contribution >= 0.6 is 0 Å². The second-order valence-electron chi connectivity index (χ2n) is 6.12. The van der Waals surface area contributed by atoms with Crippen molar-refractivity contribution in [2.24, 2.45) is 0 Å². The van der Waals surface area contributed by atoms with E-state index in [0.717, 1.165) is 44.5 Å². The summed E-state index contributed by atoms with van der Waals surface area (Å²) in [5.41, 5.74) is 7.36. The summed E-state index contributed by atoms with van der Waals surface area (Å²) in [6.07, 6.45) is 4.27. The Hall–Kier alpha value is -1.59. The van der Waals surface area contributed by atoms with Crippen LogP contribution in [-0.2, 0) is 11.2 Å². The van der Waals surface area contributed by atoms with Crippen molar-refractivity contribution in [3.63, 3.8) is 0 Å². The first-order valence-corrected chi connectivity index (χ1v) is 8.91. The first-order valence-electron chi connectivity index (χ1n) is 8.91. The van der Waals surface area contributed by atoms with Gasteiger partial charge in [0.1, 0.15) is 11.5 Å². The van der Waals surface area contributed by atoms with Crippen LogP contribution in [0.15, 0.2) is 18.2 Å². The lowest BCUT2D eigenvalue weighted by Crippen LogP contribution is -2.40. The van der Waals surface area contributed by atoms with E-state index in [-0.39, 0.29) is 5.78 Å². The Kier molecular flexibility index (Phi) is 9.42. The van der Waals surface area contributed by atoms with Crippen LogP contribution < -0.4 is 10.5 Å². The Morgan fingerprint density at radius 3 is 2.54 bits per heavy atom. The molecule has 0 radical (unpaired) electrons. The first kappa shape index (κ1) is 20.5. The summed E-state index contributed by atoms with van der Waals surface area (Å²) >= 11 is 0. The van der Waals surface area contributed by atoms with E-state index < -0.39 is 0 Å². The Bertz CT molecular complexity index is 505. The van der Waals surface area contributed by atoms with Gasteiger partial charge in [0.2, 0.25) is 0 Å². The average molecular weight is 335 g/mol. The van der Waals surface area contributed by atoms with Crippen molar-refractivity contribution in [1.29, 1.82) is 0 Å². The standard InChI is InChI=1S/C19H33N3O2/c1-5-21(3)22(6-2)13-9-7-8-10-17(23)14-16-11-12-18(20)19(15-16)24-4/h11-12,15H,5-10,13-14,20H2,1-4H3. The van der Waals surface area contributed by atoms with Gasteiger partial charge >= 0.3 is 0 Å². The summed E-state index contributed by atoms with van der Waals surface area (Å²) in [6.45, 7) is 7.45. The second-order valence-corrected chi connectivity index (χ2v) is 6.12. The molecule has 5 heteroatoms. The number of hydrazine groups is 1. The van der Waals surface area contributed by atoms with Crippen LogP contribution in [0, 0.1) is 0 Å². The van der Waals surface area contributed by atoms with Gasteiger partial charge in [0.05, 0.1) is 12.8 Å². The lowest BCUT2D eigenvalue weighted by Gasteiger charge is -2.29. The smallest absolute Gasteiger partial charge is 0.142 e. The minimum atomic E-state index is 0.278. The maximum atomic E-state index is 12.1. The molecule has 136 valence electrons. The third kappa shape index (κ3) is 6.89. The van der Waals surface area contributed by atoms with Gasteiger partial charge in [-0.3, -0.25) is 4.79 Å². The molecule has 1 rings (SSSR count). The molecule has 0 bridgehead atoms. The topological polar surface area (TPSA) is 58.8 Å². The van der Waals surface area contributed by atoms with Crippen molar-refractivity contribution in [3.05, 3.63) is 23.8 Å². The number of ether oxygens (including phenoxy) is 1. The van der Waals surface area contributed by atoms with Gasteiger partial charge in [0.15, 0.2) is 0 Å². The van der Waals surface area contributed by atoms with Crippen LogP contribution in [0.1, 0.15) is 45.1 Å². The first-order chi connectivity index (χ1) is 11.5. The van der Waals surface area contributed by atoms with Gasteiger partial charge in [-0.1, -0.05) is 26.3 Å². The van der Waals surface area contributed by atoms with Gasteiger partial charge in [0.25, 0.3) is 0 Å². The molecule has 0 atom stereocenters. The molecule has 24 heavy (non-hydrogen) atoms. The van der Waals surface area contributed by atoms with E-state index in [9.17, 15) is 4.79 Å². The van der Waals surface area contributed by atoms with E-state index in [1.54, 1.807) is 13.2 Å². The monoisotopic (exact) mass is 335 g/mol. The number of carbonyl (C=O) groups excluding carboxylic acids is 1. The molecule has 0 spiro atoms. The van der Waals surface area contributed by atoms with E-state index in [4.69, 9.17) is 10.5 Å². The quantitative estimate of drug-likeness (QED) is 0.361. The minimum absolute atomic E-state index is 0.278. The summed E-state index contributed by atoms with van der Waals surface area (Å²) in [5.74, 6) is 0.917. The van der Waals surface area contributed by atoms with Gasteiger partial charge in [-0.05, 0) is 30.5 Å². The highest BCUT2D eigenvalue weighted by molar-refractivity contribution is 5.81. The van der Waals surface area contributed by atoms with Gasteiger partial charge < -0.3 is 10.5 Å². The third-order valence-electron chi connectivity index (χ3n) is 4.38. The highest BCUT2D eigenvalue weighted by Crippen LogP contribution is 2.22. The molecule has 0 aliphatic carbocycles. The summed E-state index contributed by atoms with van der Waals surface area (Å²) < 4.78 is 5.20. The highest BCUT2D eigenvalue weighted by Gasteiger charge is 2.08. The minimum Gasteiger partial charge on any atom is -0.495 e. The van der Waals surface area contributed by atoms with Crippen LogP contribution in [0.25, 0.3) is 0 Å². The molecule has 5 nitrogen and oxygen atoms in total. The molecule has 0 aromatic heterocycles.